The van der Waals surface area contributed by atoms with Gasteiger partial charge in [0, 0.05) is 35.2 Å². The maximum atomic E-state index is 13.4. The molecule has 3 nitrogen and oxygen atoms in total. The third kappa shape index (κ3) is 3.21. The van der Waals surface area contributed by atoms with Crippen LogP contribution in [0.4, 0.5) is 4.39 Å². The van der Waals surface area contributed by atoms with Gasteiger partial charge in [-0.05, 0) is 47.8 Å². The Balaban J connectivity index is 1.57. The molecular weight excluding hydrogens is 363 g/mol. The molecule has 4 aromatic rings. The molecule has 0 aliphatic carbocycles. The molecule has 5 rings (SSSR count). The minimum absolute atomic E-state index is 0.242. The molecule has 1 aliphatic rings. The van der Waals surface area contributed by atoms with Crippen molar-refractivity contribution in [3.05, 3.63) is 107 Å². The monoisotopic (exact) mass is 389 g/mol. The van der Waals surface area contributed by atoms with Gasteiger partial charge < -0.3 is 9.47 Å². The number of amides is 1. The van der Waals surface area contributed by atoms with Crippen molar-refractivity contribution in [2.75, 3.05) is 6.54 Å². The number of benzene rings is 3. The summed E-state index contributed by atoms with van der Waals surface area (Å²) in [6, 6.07) is 11.7. The zero-order chi connectivity index (χ0) is 24.1. The quantitative estimate of drug-likeness (QED) is 0.483. The van der Waals surface area contributed by atoms with Gasteiger partial charge in [-0.2, -0.15) is 0 Å². The summed E-state index contributed by atoms with van der Waals surface area (Å²) in [4.78, 5) is 14.9. The van der Waals surface area contributed by atoms with Gasteiger partial charge in [0.1, 0.15) is 5.82 Å². The lowest BCUT2D eigenvalue weighted by molar-refractivity contribution is 0.0731. The summed E-state index contributed by atoms with van der Waals surface area (Å²) in [5, 5.41) is 1.09. The number of rotatable bonds is 3. The molecule has 0 N–H and O–H groups in total. The van der Waals surface area contributed by atoms with Gasteiger partial charge in [-0.15, -0.1) is 0 Å². The predicted molar refractivity (Wildman–Crippen MR) is 112 cm³/mol. The lowest BCUT2D eigenvalue weighted by Gasteiger charge is -2.29. The third-order valence-corrected chi connectivity index (χ3v) is 5.42. The average molecular weight is 389 g/mol. The van der Waals surface area contributed by atoms with Crippen molar-refractivity contribution in [1.82, 2.24) is 9.47 Å². The van der Waals surface area contributed by atoms with Crippen LogP contribution in [0.3, 0.4) is 0 Å². The molecule has 0 saturated heterocycles. The van der Waals surface area contributed by atoms with E-state index in [9.17, 15) is 9.18 Å². The first-order chi connectivity index (χ1) is 16.3. The van der Waals surface area contributed by atoms with E-state index in [1.165, 1.54) is 17.0 Å². The molecule has 1 amide bonds. The van der Waals surface area contributed by atoms with Crippen LogP contribution < -0.4 is 0 Å². The Morgan fingerprint density at radius 3 is 2.59 bits per heavy atom. The van der Waals surface area contributed by atoms with Crippen LogP contribution in [0.15, 0.2) is 78.7 Å². The highest BCUT2D eigenvalue weighted by atomic mass is 19.1. The summed E-state index contributed by atoms with van der Waals surface area (Å²) in [6.07, 6.45) is 0.580. The second-order valence-electron chi connectivity index (χ2n) is 7.13. The molecule has 0 atom stereocenters. The number of hydrogen-bond acceptors (Lipinski definition) is 1. The smallest absolute Gasteiger partial charge is 0.254 e. The Morgan fingerprint density at radius 1 is 1.03 bits per heavy atom. The topological polar surface area (TPSA) is 25.2 Å². The first-order valence-electron chi connectivity index (χ1n) is 12.0. The number of hydrogen-bond donors (Lipinski definition) is 0. The maximum absolute atomic E-state index is 13.4. The summed E-state index contributed by atoms with van der Waals surface area (Å²) in [6.45, 7) is 1.11. The minimum Gasteiger partial charge on any atom is -0.338 e. The molecular formula is C25H21FN2O. The first-order valence-corrected chi connectivity index (χ1v) is 9.47. The number of carbonyl (C=O) groups is 1. The molecule has 0 fully saturated rings. The number of fused-ring (bicyclic) bond motifs is 3. The zero-order valence-electron chi connectivity index (χ0n) is 20.6. The van der Waals surface area contributed by atoms with Gasteiger partial charge in [-0.25, -0.2) is 4.39 Å². The van der Waals surface area contributed by atoms with E-state index in [0.29, 0.717) is 19.5 Å². The van der Waals surface area contributed by atoms with Crippen LogP contribution in [-0.2, 0) is 19.5 Å². The SMILES string of the molecule is [2H]c1c([2H])c([2H])c(C(=O)N2CCc3c(n(Cc4ccc(F)cc4)c4ccccc34)C2)c([2H])c1[2H]. The van der Waals surface area contributed by atoms with E-state index < -0.39 is 36.1 Å². The number of nitrogens with zero attached hydrogens (tertiary/aromatic N) is 2. The van der Waals surface area contributed by atoms with Crippen LogP contribution in [0.1, 0.15) is 34.0 Å². The van der Waals surface area contributed by atoms with Gasteiger partial charge in [-0.1, -0.05) is 48.5 Å². The summed E-state index contributed by atoms with van der Waals surface area (Å²) >= 11 is 0. The summed E-state index contributed by atoms with van der Waals surface area (Å²) in [5.41, 5.74) is 3.67. The first kappa shape index (κ1) is 12.9. The van der Waals surface area contributed by atoms with Crippen LogP contribution in [0.25, 0.3) is 10.9 Å². The molecule has 2 heterocycles. The van der Waals surface area contributed by atoms with Crippen LogP contribution >= 0.6 is 0 Å². The number of halogens is 1. The Bertz CT molecular complexity index is 1420. The zero-order valence-corrected chi connectivity index (χ0v) is 15.6. The molecule has 0 radical (unpaired) electrons. The largest absolute Gasteiger partial charge is 0.338 e. The third-order valence-electron chi connectivity index (χ3n) is 5.42. The molecule has 3 aromatic carbocycles. The highest BCUT2D eigenvalue weighted by molar-refractivity contribution is 5.95. The van der Waals surface area contributed by atoms with E-state index in [-0.39, 0.29) is 17.9 Å². The minimum atomic E-state index is -0.582. The van der Waals surface area contributed by atoms with E-state index in [1.54, 1.807) is 12.1 Å². The van der Waals surface area contributed by atoms with Gasteiger partial charge in [0.05, 0.1) is 13.4 Å². The van der Waals surface area contributed by atoms with E-state index in [1.807, 2.05) is 24.3 Å². The maximum Gasteiger partial charge on any atom is 0.254 e. The Kier molecular flexibility index (Phi) is 3.22. The van der Waals surface area contributed by atoms with Gasteiger partial charge in [0.25, 0.3) is 5.91 Å². The standard InChI is InChI=1S/C25H21FN2O/c26-20-12-10-18(11-13-20)16-28-23-9-5-4-8-21(23)22-14-15-27(17-24(22)28)25(29)19-6-2-1-3-7-19/h1-13H,14-17H2/i1D,2D,3D,6D,7D. The molecule has 144 valence electrons. The molecule has 4 heteroatoms. The van der Waals surface area contributed by atoms with E-state index in [0.717, 1.165) is 27.7 Å². The van der Waals surface area contributed by atoms with Crippen molar-refractivity contribution in [3.63, 3.8) is 0 Å². The van der Waals surface area contributed by atoms with Gasteiger partial charge in [-0.3, -0.25) is 4.79 Å². The molecule has 0 saturated carbocycles. The van der Waals surface area contributed by atoms with Gasteiger partial charge in [0.15, 0.2) is 0 Å². The number of para-hydroxylation sites is 1. The van der Waals surface area contributed by atoms with Crippen molar-refractivity contribution in [1.29, 1.82) is 0 Å². The lowest BCUT2D eigenvalue weighted by Crippen LogP contribution is -2.36. The fourth-order valence-corrected chi connectivity index (χ4v) is 4.04. The highest BCUT2D eigenvalue weighted by Crippen LogP contribution is 2.32. The van der Waals surface area contributed by atoms with Gasteiger partial charge >= 0.3 is 0 Å². The van der Waals surface area contributed by atoms with Crippen molar-refractivity contribution in [2.24, 2.45) is 0 Å². The van der Waals surface area contributed by atoms with E-state index in [2.05, 4.69) is 4.57 Å². The fraction of sp³-hybridized carbons (Fsp3) is 0.160. The lowest BCUT2D eigenvalue weighted by atomic mass is 10.0. The Labute approximate surface area is 176 Å². The van der Waals surface area contributed by atoms with Crippen LogP contribution in [0.2, 0.25) is 0 Å². The molecule has 1 aliphatic heterocycles. The van der Waals surface area contributed by atoms with Crippen molar-refractivity contribution < 1.29 is 16.0 Å². The second kappa shape index (κ2) is 7.21. The number of carbonyl (C=O) groups excluding carboxylic acids is 1. The van der Waals surface area contributed by atoms with Crippen LogP contribution in [0.5, 0.6) is 0 Å². The second-order valence-corrected chi connectivity index (χ2v) is 7.13. The summed E-state index contributed by atoms with van der Waals surface area (Å²) in [7, 11) is 0. The van der Waals surface area contributed by atoms with Crippen molar-refractivity contribution in [3.8, 4) is 0 Å². The fourth-order valence-electron chi connectivity index (χ4n) is 4.04. The predicted octanol–water partition coefficient (Wildman–Crippen LogP) is 5.03. The van der Waals surface area contributed by atoms with E-state index >= 15 is 0 Å². The molecule has 0 spiro atoms. The molecule has 29 heavy (non-hydrogen) atoms. The Hall–Kier alpha value is -3.40. The summed E-state index contributed by atoms with van der Waals surface area (Å²) in [5.74, 6) is -0.889. The number of aromatic nitrogens is 1. The van der Waals surface area contributed by atoms with Crippen molar-refractivity contribution >= 4 is 16.8 Å². The van der Waals surface area contributed by atoms with Crippen molar-refractivity contribution in [2.45, 2.75) is 19.5 Å². The van der Waals surface area contributed by atoms with E-state index in [4.69, 9.17) is 6.85 Å². The Morgan fingerprint density at radius 2 is 1.79 bits per heavy atom. The average Bonchev–Trinajstić information content (AvgIpc) is 3.16. The summed E-state index contributed by atoms with van der Waals surface area (Å²) < 4.78 is 55.4. The highest BCUT2D eigenvalue weighted by Gasteiger charge is 2.27. The van der Waals surface area contributed by atoms with Crippen LogP contribution in [0, 0.1) is 5.82 Å². The van der Waals surface area contributed by atoms with Gasteiger partial charge in [0.2, 0.25) is 0 Å². The normalized spacial score (nSPS) is 15.9. The van der Waals surface area contributed by atoms with Crippen LogP contribution in [-0.4, -0.2) is 21.9 Å². The molecule has 0 unspecified atom stereocenters. The molecule has 1 aromatic heterocycles. The molecule has 0 bridgehead atoms.